The van der Waals surface area contributed by atoms with Gasteiger partial charge in [-0.2, -0.15) is 13.2 Å². The van der Waals surface area contributed by atoms with E-state index in [1.165, 1.54) is 23.5 Å². The van der Waals surface area contributed by atoms with Crippen molar-refractivity contribution < 1.29 is 18.3 Å². The van der Waals surface area contributed by atoms with E-state index in [-0.39, 0.29) is 5.75 Å². The summed E-state index contributed by atoms with van der Waals surface area (Å²) in [7, 11) is 0. The van der Waals surface area contributed by atoms with Gasteiger partial charge >= 0.3 is 6.18 Å². The van der Waals surface area contributed by atoms with Crippen molar-refractivity contribution in [3.8, 4) is 16.3 Å². The topological polar surface area (TPSA) is 46.0 Å². The van der Waals surface area contributed by atoms with Crippen LogP contribution in [0.15, 0.2) is 47.4 Å². The normalized spacial score (nSPS) is 11.7. The zero-order chi connectivity index (χ0) is 18.0. The molecule has 2 aromatic carbocycles. The quantitative estimate of drug-likeness (QED) is 0.603. The van der Waals surface area contributed by atoms with Crippen molar-refractivity contribution in [3.63, 3.8) is 0 Å². The first-order chi connectivity index (χ1) is 11.8. The van der Waals surface area contributed by atoms with Crippen LogP contribution in [-0.4, -0.2) is 15.3 Å². The van der Waals surface area contributed by atoms with Gasteiger partial charge in [0.05, 0.1) is 11.3 Å². The number of nitrogens with zero attached hydrogens (tertiary/aromatic N) is 2. The third kappa shape index (κ3) is 4.32. The second-order valence-electron chi connectivity index (χ2n) is 5.31. The molecule has 0 radical (unpaired) electrons. The molecular formula is C17H13F3N2OS2. The average Bonchev–Trinajstić information content (AvgIpc) is 3.04. The Morgan fingerprint density at radius 1 is 1.08 bits per heavy atom. The van der Waals surface area contributed by atoms with Crippen LogP contribution in [0.3, 0.4) is 0 Å². The van der Waals surface area contributed by atoms with Gasteiger partial charge in [0.25, 0.3) is 0 Å². The minimum absolute atomic E-state index is 0.254. The Labute approximate surface area is 150 Å². The lowest BCUT2D eigenvalue weighted by molar-refractivity contribution is -0.137. The molecule has 25 heavy (non-hydrogen) atoms. The molecule has 1 N–H and O–H groups in total. The maximum absolute atomic E-state index is 12.6. The number of benzene rings is 2. The number of halogens is 3. The van der Waals surface area contributed by atoms with Gasteiger partial charge in [0.15, 0.2) is 0 Å². The molecule has 3 nitrogen and oxygen atoms in total. The SMILES string of the molecule is Cc1cc(SCc2nnc(-c3ccc(C(F)(F)F)cc3)s2)ccc1O. The predicted molar refractivity (Wildman–Crippen MR) is 92.8 cm³/mol. The third-order valence-corrected chi connectivity index (χ3v) is 5.62. The highest BCUT2D eigenvalue weighted by atomic mass is 32.2. The molecule has 0 bridgehead atoms. The number of hydrogen-bond acceptors (Lipinski definition) is 5. The Hall–Kier alpha value is -2.06. The van der Waals surface area contributed by atoms with Crippen molar-refractivity contribution in [2.24, 2.45) is 0 Å². The lowest BCUT2D eigenvalue weighted by atomic mass is 10.1. The highest BCUT2D eigenvalue weighted by Gasteiger charge is 2.30. The van der Waals surface area contributed by atoms with Crippen molar-refractivity contribution in [1.29, 1.82) is 0 Å². The van der Waals surface area contributed by atoms with E-state index in [4.69, 9.17) is 0 Å². The van der Waals surface area contributed by atoms with Gasteiger partial charge in [-0.25, -0.2) is 0 Å². The first kappa shape index (κ1) is 17.8. The van der Waals surface area contributed by atoms with Gasteiger partial charge in [-0.1, -0.05) is 23.5 Å². The Morgan fingerprint density at radius 3 is 2.44 bits per heavy atom. The van der Waals surface area contributed by atoms with Crippen molar-refractivity contribution in [2.45, 2.75) is 23.7 Å². The van der Waals surface area contributed by atoms with Gasteiger partial charge in [0.1, 0.15) is 15.8 Å². The lowest BCUT2D eigenvalue weighted by Gasteiger charge is -2.06. The minimum atomic E-state index is -4.34. The van der Waals surface area contributed by atoms with Crippen LogP contribution in [0.5, 0.6) is 5.75 Å². The molecule has 0 saturated carbocycles. The van der Waals surface area contributed by atoms with Crippen molar-refractivity contribution in [3.05, 3.63) is 58.6 Å². The molecule has 0 aliphatic carbocycles. The van der Waals surface area contributed by atoms with Crippen LogP contribution in [0.1, 0.15) is 16.1 Å². The smallest absolute Gasteiger partial charge is 0.416 e. The van der Waals surface area contributed by atoms with Gasteiger partial charge in [-0.3, -0.25) is 0 Å². The fraction of sp³-hybridized carbons (Fsp3) is 0.176. The number of thioether (sulfide) groups is 1. The van der Waals surface area contributed by atoms with Crippen molar-refractivity contribution in [1.82, 2.24) is 10.2 Å². The third-order valence-electron chi connectivity index (χ3n) is 3.46. The fourth-order valence-corrected chi connectivity index (χ4v) is 3.92. The number of hydrogen-bond donors (Lipinski definition) is 1. The number of aromatic hydroxyl groups is 1. The summed E-state index contributed by atoms with van der Waals surface area (Å²) in [6.07, 6.45) is -4.34. The standard InChI is InChI=1S/C17H13F3N2OS2/c1-10-8-13(6-7-14(10)23)24-9-15-21-22-16(25-15)11-2-4-12(5-3-11)17(18,19)20/h2-8,23H,9H2,1H3. The van der Waals surface area contributed by atoms with E-state index in [1.807, 2.05) is 19.1 Å². The number of phenolic OH excluding ortho intramolecular Hbond substituents is 1. The van der Waals surface area contributed by atoms with Crippen molar-refractivity contribution >= 4 is 23.1 Å². The number of rotatable bonds is 4. The average molecular weight is 382 g/mol. The molecule has 8 heteroatoms. The summed E-state index contributed by atoms with van der Waals surface area (Å²) in [4.78, 5) is 1.00. The molecule has 0 unspecified atom stereocenters. The van der Waals surface area contributed by atoms with Gasteiger partial charge in [-0.15, -0.1) is 22.0 Å². The van der Waals surface area contributed by atoms with Crippen LogP contribution < -0.4 is 0 Å². The molecular weight excluding hydrogens is 369 g/mol. The highest BCUT2D eigenvalue weighted by Crippen LogP contribution is 2.33. The number of alkyl halides is 3. The molecule has 0 spiro atoms. The summed E-state index contributed by atoms with van der Waals surface area (Å²) >= 11 is 2.91. The molecule has 0 atom stereocenters. The highest BCUT2D eigenvalue weighted by molar-refractivity contribution is 7.98. The summed E-state index contributed by atoms with van der Waals surface area (Å²) < 4.78 is 37.8. The molecule has 3 aromatic rings. The molecule has 0 amide bonds. The summed E-state index contributed by atoms with van der Waals surface area (Å²) in [5.41, 5.74) is 0.731. The van der Waals surface area contributed by atoms with E-state index in [0.29, 0.717) is 16.3 Å². The second kappa shape index (κ2) is 7.05. The molecule has 0 aliphatic rings. The van der Waals surface area contributed by atoms with Crippen molar-refractivity contribution in [2.75, 3.05) is 0 Å². The van der Waals surface area contributed by atoms with Gasteiger partial charge in [-0.05, 0) is 42.8 Å². The Morgan fingerprint density at radius 2 is 1.80 bits per heavy atom. The van der Waals surface area contributed by atoms with Crippen LogP contribution in [0.4, 0.5) is 13.2 Å². The summed E-state index contributed by atoms with van der Waals surface area (Å²) in [6.45, 7) is 1.83. The van der Waals surface area contributed by atoms with Crippen LogP contribution in [0.2, 0.25) is 0 Å². The predicted octanol–water partition coefficient (Wildman–Crippen LogP) is 5.53. The maximum atomic E-state index is 12.6. The Balaban J connectivity index is 1.68. The Kier molecular flexibility index (Phi) is 5.01. The number of aromatic nitrogens is 2. The molecule has 0 aliphatic heterocycles. The molecule has 1 heterocycles. The summed E-state index contributed by atoms with van der Waals surface area (Å²) in [5, 5.41) is 19.1. The van der Waals surface area contributed by atoms with E-state index >= 15 is 0 Å². The summed E-state index contributed by atoms with van der Waals surface area (Å²) in [6, 6.07) is 10.3. The monoisotopic (exact) mass is 382 g/mol. The molecule has 130 valence electrons. The van der Waals surface area contributed by atoms with Gasteiger partial charge in [0.2, 0.25) is 0 Å². The first-order valence-electron chi connectivity index (χ1n) is 7.25. The van der Waals surface area contributed by atoms with Crippen LogP contribution in [0, 0.1) is 6.92 Å². The largest absolute Gasteiger partial charge is 0.508 e. The lowest BCUT2D eigenvalue weighted by Crippen LogP contribution is -2.03. The Bertz CT molecular complexity index is 876. The van der Waals surface area contributed by atoms with Crippen LogP contribution in [-0.2, 0) is 11.9 Å². The molecule has 3 rings (SSSR count). The maximum Gasteiger partial charge on any atom is 0.416 e. The fourth-order valence-electron chi connectivity index (χ4n) is 2.09. The van der Waals surface area contributed by atoms with Crippen LogP contribution >= 0.6 is 23.1 Å². The summed E-state index contributed by atoms with van der Waals surface area (Å²) in [5.74, 6) is 0.854. The minimum Gasteiger partial charge on any atom is -0.508 e. The van der Waals surface area contributed by atoms with E-state index in [2.05, 4.69) is 10.2 Å². The van der Waals surface area contributed by atoms with E-state index in [0.717, 1.165) is 27.6 Å². The van der Waals surface area contributed by atoms with E-state index in [1.54, 1.807) is 17.8 Å². The van der Waals surface area contributed by atoms with Crippen LogP contribution in [0.25, 0.3) is 10.6 Å². The molecule has 0 saturated heterocycles. The van der Waals surface area contributed by atoms with Gasteiger partial charge < -0.3 is 5.11 Å². The second-order valence-corrected chi connectivity index (χ2v) is 7.42. The zero-order valence-electron chi connectivity index (χ0n) is 13.0. The first-order valence-corrected chi connectivity index (χ1v) is 9.05. The van der Waals surface area contributed by atoms with Gasteiger partial charge in [0, 0.05) is 10.5 Å². The number of aryl methyl sites for hydroxylation is 1. The van der Waals surface area contributed by atoms with E-state index < -0.39 is 11.7 Å². The molecule has 0 fully saturated rings. The zero-order valence-corrected chi connectivity index (χ0v) is 14.7. The molecule has 1 aromatic heterocycles. The van der Waals surface area contributed by atoms with E-state index in [9.17, 15) is 18.3 Å². The number of phenols is 1.